The predicted octanol–water partition coefficient (Wildman–Crippen LogP) is 2.13. The maximum absolute atomic E-state index is 11.6. The molecule has 1 aliphatic heterocycles. The second-order valence-corrected chi connectivity index (χ2v) is 7.07. The molecule has 0 N–H and O–H groups in total. The van der Waals surface area contributed by atoms with Gasteiger partial charge in [-0.05, 0) is 18.6 Å². The van der Waals surface area contributed by atoms with Gasteiger partial charge in [0.05, 0.1) is 34.5 Å². The Morgan fingerprint density at radius 3 is 2.83 bits per heavy atom. The lowest BCUT2D eigenvalue weighted by molar-refractivity contribution is 0.554. The van der Waals surface area contributed by atoms with Gasteiger partial charge in [-0.3, -0.25) is 0 Å². The van der Waals surface area contributed by atoms with Gasteiger partial charge in [-0.15, -0.1) is 11.6 Å². The summed E-state index contributed by atoms with van der Waals surface area (Å²) in [5, 5.41) is 0. The molecule has 0 radical (unpaired) electrons. The first-order chi connectivity index (χ1) is 8.61. The fourth-order valence-corrected chi connectivity index (χ4v) is 4.46. The van der Waals surface area contributed by atoms with Crippen LogP contribution in [0.25, 0.3) is 11.0 Å². The number of halogens is 1. The zero-order valence-electron chi connectivity index (χ0n) is 9.71. The summed E-state index contributed by atoms with van der Waals surface area (Å²) in [6.45, 7) is 0. The first-order valence-electron chi connectivity index (χ1n) is 5.83. The number of alkyl halides is 1. The molecule has 0 spiro atoms. The zero-order chi connectivity index (χ0) is 12.8. The van der Waals surface area contributed by atoms with Crippen molar-refractivity contribution in [1.29, 1.82) is 0 Å². The number of hydrogen-bond acceptors (Lipinski definition) is 3. The lowest BCUT2D eigenvalue weighted by Crippen LogP contribution is -2.13. The molecule has 6 heteroatoms. The third kappa shape index (κ3) is 1.91. The smallest absolute Gasteiger partial charge is 0.152 e. The molecule has 1 saturated heterocycles. The molecule has 1 fully saturated rings. The van der Waals surface area contributed by atoms with Gasteiger partial charge in [0.1, 0.15) is 5.82 Å². The average Bonchev–Trinajstić information content (AvgIpc) is 2.88. The van der Waals surface area contributed by atoms with Gasteiger partial charge in [-0.25, -0.2) is 13.4 Å². The molecule has 1 aromatic carbocycles. The van der Waals surface area contributed by atoms with Gasteiger partial charge < -0.3 is 4.57 Å². The summed E-state index contributed by atoms with van der Waals surface area (Å²) in [5.74, 6) is 1.49. The van der Waals surface area contributed by atoms with Gasteiger partial charge in [0.15, 0.2) is 9.84 Å². The number of para-hydroxylation sites is 2. The van der Waals surface area contributed by atoms with Crippen molar-refractivity contribution in [1.82, 2.24) is 9.55 Å². The minimum atomic E-state index is -2.91. The lowest BCUT2D eigenvalue weighted by atomic mass is 10.2. The molecule has 2 aromatic rings. The van der Waals surface area contributed by atoms with Crippen molar-refractivity contribution < 1.29 is 8.42 Å². The molecule has 2 heterocycles. The van der Waals surface area contributed by atoms with E-state index in [-0.39, 0.29) is 17.5 Å². The summed E-state index contributed by atoms with van der Waals surface area (Å²) in [7, 11) is -2.91. The number of benzene rings is 1. The van der Waals surface area contributed by atoms with E-state index in [1.165, 1.54) is 0 Å². The quantitative estimate of drug-likeness (QED) is 0.794. The van der Waals surface area contributed by atoms with Crippen molar-refractivity contribution in [2.75, 3.05) is 11.5 Å². The van der Waals surface area contributed by atoms with Crippen LogP contribution in [0.1, 0.15) is 18.3 Å². The van der Waals surface area contributed by atoms with Gasteiger partial charge in [0.2, 0.25) is 0 Å². The van der Waals surface area contributed by atoms with E-state index in [0.717, 1.165) is 16.9 Å². The van der Waals surface area contributed by atoms with Crippen molar-refractivity contribution in [3.63, 3.8) is 0 Å². The van der Waals surface area contributed by atoms with E-state index in [2.05, 4.69) is 4.98 Å². The second-order valence-electron chi connectivity index (χ2n) is 4.58. The van der Waals surface area contributed by atoms with Crippen LogP contribution in [0.2, 0.25) is 0 Å². The summed E-state index contributed by atoms with van der Waals surface area (Å²) < 4.78 is 25.2. The maximum Gasteiger partial charge on any atom is 0.152 e. The average molecular weight is 285 g/mol. The van der Waals surface area contributed by atoms with E-state index in [1.807, 2.05) is 28.8 Å². The Labute approximate surface area is 110 Å². The predicted molar refractivity (Wildman–Crippen MR) is 71.6 cm³/mol. The van der Waals surface area contributed by atoms with Gasteiger partial charge in [-0.1, -0.05) is 12.1 Å². The van der Waals surface area contributed by atoms with Crippen LogP contribution in [0.3, 0.4) is 0 Å². The highest BCUT2D eigenvalue weighted by molar-refractivity contribution is 7.91. The molecule has 0 aliphatic carbocycles. The Balaban J connectivity index is 2.16. The molecule has 0 amide bonds. The Morgan fingerprint density at radius 1 is 1.39 bits per heavy atom. The number of aromatic nitrogens is 2. The minimum Gasteiger partial charge on any atom is -0.323 e. The minimum absolute atomic E-state index is 0.0313. The Morgan fingerprint density at radius 2 is 2.17 bits per heavy atom. The number of imidazole rings is 1. The summed E-state index contributed by atoms with van der Waals surface area (Å²) in [5.41, 5.74) is 1.84. The van der Waals surface area contributed by atoms with Crippen LogP contribution >= 0.6 is 11.6 Å². The van der Waals surface area contributed by atoms with Crippen LogP contribution in [0.15, 0.2) is 24.3 Å². The number of hydrogen-bond donors (Lipinski definition) is 0. The molecule has 1 aromatic heterocycles. The molecular formula is C12H13ClN2O2S. The highest BCUT2D eigenvalue weighted by atomic mass is 35.5. The zero-order valence-corrected chi connectivity index (χ0v) is 11.3. The van der Waals surface area contributed by atoms with E-state index in [0.29, 0.717) is 12.3 Å². The Kier molecular flexibility index (Phi) is 2.83. The first-order valence-corrected chi connectivity index (χ1v) is 8.18. The molecule has 0 saturated carbocycles. The standard InChI is InChI=1S/C12H13ClN2O2S/c13-7-12-14-10-3-1-2-4-11(10)15(12)9-5-6-18(16,17)8-9/h1-4,9H,5-8H2. The fourth-order valence-electron chi connectivity index (χ4n) is 2.58. The van der Waals surface area contributed by atoms with Crippen molar-refractivity contribution in [3.8, 4) is 0 Å². The third-order valence-corrected chi connectivity index (χ3v) is 5.35. The van der Waals surface area contributed by atoms with Gasteiger partial charge >= 0.3 is 0 Å². The summed E-state index contributed by atoms with van der Waals surface area (Å²) in [4.78, 5) is 4.46. The monoisotopic (exact) mass is 284 g/mol. The van der Waals surface area contributed by atoms with E-state index < -0.39 is 9.84 Å². The van der Waals surface area contributed by atoms with Gasteiger partial charge in [-0.2, -0.15) is 0 Å². The SMILES string of the molecule is O=S1(=O)CCC(n2c(CCl)nc3ccccc32)C1. The van der Waals surface area contributed by atoms with Crippen LogP contribution < -0.4 is 0 Å². The normalized spacial score (nSPS) is 22.6. The van der Waals surface area contributed by atoms with Gasteiger partial charge in [0, 0.05) is 0 Å². The third-order valence-electron chi connectivity index (χ3n) is 3.36. The van der Waals surface area contributed by atoms with Crippen LogP contribution in [0, 0.1) is 0 Å². The van der Waals surface area contributed by atoms with E-state index in [9.17, 15) is 8.42 Å². The van der Waals surface area contributed by atoms with Crippen molar-refractivity contribution in [3.05, 3.63) is 30.1 Å². The second kappa shape index (κ2) is 4.24. The van der Waals surface area contributed by atoms with Crippen LogP contribution in [-0.4, -0.2) is 29.5 Å². The van der Waals surface area contributed by atoms with E-state index in [1.54, 1.807) is 0 Å². The first kappa shape index (κ1) is 12.0. The van der Waals surface area contributed by atoms with E-state index in [4.69, 9.17) is 11.6 Å². The maximum atomic E-state index is 11.6. The molecule has 1 atom stereocenters. The summed E-state index contributed by atoms with van der Waals surface area (Å²) >= 11 is 5.92. The van der Waals surface area contributed by atoms with Crippen LogP contribution in [-0.2, 0) is 15.7 Å². The fraction of sp³-hybridized carbons (Fsp3) is 0.417. The summed E-state index contributed by atoms with van der Waals surface area (Å²) in [6.07, 6.45) is 0.645. The number of rotatable bonds is 2. The van der Waals surface area contributed by atoms with Crippen LogP contribution in [0.4, 0.5) is 0 Å². The van der Waals surface area contributed by atoms with Crippen molar-refractivity contribution >= 4 is 32.5 Å². The van der Waals surface area contributed by atoms with E-state index >= 15 is 0 Å². The molecule has 3 rings (SSSR count). The van der Waals surface area contributed by atoms with Crippen molar-refractivity contribution in [2.24, 2.45) is 0 Å². The molecule has 96 valence electrons. The highest BCUT2D eigenvalue weighted by Gasteiger charge is 2.31. The number of sulfone groups is 1. The molecule has 18 heavy (non-hydrogen) atoms. The number of nitrogens with zero attached hydrogens (tertiary/aromatic N) is 2. The molecule has 0 bridgehead atoms. The van der Waals surface area contributed by atoms with Crippen molar-refractivity contribution in [2.45, 2.75) is 18.3 Å². The summed E-state index contributed by atoms with van der Waals surface area (Å²) in [6, 6.07) is 7.70. The Hall–Kier alpha value is -1.07. The lowest BCUT2D eigenvalue weighted by Gasteiger charge is -2.14. The van der Waals surface area contributed by atoms with Crippen LogP contribution in [0.5, 0.6) is 0 Å². The molecule has 4 nitrogen and oxygen atoms in total. The largest absolute Gasteiger partial charge is 0.323 e. The highest BCUT2D eigenvalue weighted by Crippen LogP contribution is 2.29. The molecule has 1 unspecified atom stereocenters. The molecule has 1 aliphatic rings. The topological polar surface area (TPSA) is 52.0 Å². The Bertz CT molecular complexity index is 693. The number of fused-ring (bicyclic) bond motifs is 1. The molecular weight excluding hydrogens is 272 g/mol. The van der Waals surface area contributed by atoms with Gasteiger partial charge in [0.25, 0.3) is 0 Å².